The molecule has 0 spiro atoms. The molecule has 0 bridgehead atoms. The van der Waals surface area contributed by atoms with Gasteiger partial charge in [0.05, 0.1) is 5.41 Å². The molecule has 0 amide bonds. The molecule has 0 aliphatic heterocycles. The Bertz CT molecular complexity index is 383. The minimum atomic E-state index is -0.790. The van der Waals surface area contributed by atoms with Crippen LogP contribution in [0.15, 0.2) is 18.2 Å². The predicted molar refractivity (Wildman–Crippen MR) is 61.3 cm³/mol. The van der Waals surface area contributed by atoms with E-state index in [1.807, 2.05) is 25.1 Å². The zero-order chi connectivity index (χ0) is 11.6. The van der Waals surface area contributed by atoms with Gasteiger partial charge in [-0.25, -0.2) is 0 Å². The van der Waals surface area contributed by atoms with Gasteiger partial charge in [0.1, 0.15) is 0 Å². The van der Waals surface area contributed by atoms with Crippen molar-refractivity contribution in [3.8, 4) is 0 Å². The maximum atomic E-state index is 11.0. The largest absolute Gasteiger partial charge is 0.481 e. The van der Waals surface area contributed by atoms with E-state index in [-0.39, 0.29) is 0 Å². The number of carboxylic acids is 1. The number of carbonyl (C=O) groups is 1. The van der Waals surface area contributed by atoms with Crippen molar-refractivity contribution >= 4 is 17.6 Å². The third-order valence-electron chi connectivity index (χ3n) is 2.52. The second kappa shape index (κ2) is 4.23. The van der Waals surface area contributed by atoms with Gasteiger partial charge < -0.3 is 5.11 Å². The SMILES string of the molecule is Cc1ccc(Cl)cc1CC(C)(C)C(=O)O. The molecule has 0 saturated carbocycles. The second-order valence-corrected chi connectivity index (χ2v) is 4.87. The van der Waals surface area contributed by atoms with Crippen LogP contribution in [0, 0.1) is 12.3 Å². The fourth-order valence-corrected chi connectivity index (χ4v) is 1.58. The zero-order valence-corrected chi connectivity index (χ0v) is 9.93. The summed E-state index contributed by atoms with van der Waals surface area (Å²) in [5.41, 5.74) is 1.32. The van der Waals surface area contributed by atoms with E-state index in [0.29, 0.717) is 11.4 Å². The number of rotatable bonds is 3. The third-order valence-corrected chi connectivity index (χ3v) is 2.76. The first-order valence-electron chi connectivity index (χ1n) is 4.81. The monoisotopic (exact) mass is 226 g/mol. The van der Waals surface area contributed by atoms with E-state index < -0.39 is 11.4 Å². The molecular formula is C12H15ClO2. The number of hydrogen-bond acceptors (Lipinski definition) is 1. The normalized spacial score (nSPS) is 11.5. The summed E-state index contributed by atoms with van der Waals surface area (Å²) in [6.45, 7) is 5.40. The molecule has 3 heteroatoms. The molecule has 0 radical (unpaired) electrons. The minimum absolute atomic E-state index is 0.495. The van der Waals surface area contributed by atoms with E-state index in [1.54, 1.807) is 13.8 Å². The Kier molecular flexibility index (Phi) is 3.40. The molecule has 0 atom stereocenters. The lowest BCUT2D eigenvalue weighted by atomic mass is 9.84. The zero-order valence-electron chi connectivity index (χ0n) is 9.17. The van der Waals surface area contributed by atoms with E-state index in [2.05, 4.69) is 0 Å². The highest BCUT2D eigenvalue weighted by atomic mass is 35.5. The van der Waals surface area contributed by atoms with Crippen molar-refractivity contribution in [2.75, 3.05) is 0 Å². The van der Waals surface area contributed by atoms with Crippen molar-refractivity contribution in [2.45, 2.75) is 27.2 Å². The first-order valence-corrected chi connectivity index (χ1v) is 5.19. The van der Waals surface area contributed by atoms with Gasteiger partial charge in [0.2, 0.25) is 0 Å². The summed E-state index contributed by atoms with van der Waals surface area (Å²) in [5.74, 6) is -0.790. The van der Waals surface area contributed by atoms with Gasteiger partial charge in [-0.1, -0.05) is 17.7 Å². The Morgan fingerprint density at radius 1 is 1.47 bits per heavy atom. The van der Waals surface area contributed by atoms with Crippen LogP contribution in [0.3, 0.4) is 0 Å². The Balaban J connectivity index is 2.99. The molecule has 0 aliphatic carbocycles. The average Bonchev–Trinajstić information content (AvgIpc) is 2.10. The van der Waals surface area contributed by atoms with Crippen molar-refractivity contribution < 1.29 is 9.90 Å². The highest BCUT2D eigenvalue weighted by Gasteiger charge is 2.27. The summed E-state index contributed by atoms with van der Waals surface area (Å²) in [6.07, 6.45) is 0.495. The van der Waals surface area contributed by atoms with Crippen molar-refractivity contribution in [1.82, 2.24) is 0 Å². The predicted octanol–water partition coefficient (Wildman–Crippen LogP) is 3.30. The average molecular weight is 227 g/mol. The molecule has 1 aromatic rings. The first-order chi connectivity index (χ1) is 6.83. The van der Waals surface area contributed by atoms with Crippen LogP contribution in [0.5, 0.6) is 0 Å². The van der Waals surface area contributed by atoms with E-state index in [1.165, 1.54) is 0 Å². The number of hydrogen-bond donors (Lipinski definition) is 1. The molecule has 0 saturated heterocycles. The third kappa shape index (κ3) is 2.96. The molecule has 15 heavy (non-hydrogen) atoms. The number of halogens is 1. The van der Waals surface area contributed by atoms with Gasteiger partial charge >= 0.3 is 5.97 Å². The van der Waals surface area contributed by atoms with Gasteiger partial charge in [-0.15, -0.1) is 0 Å². The molecule has 82 valence electrons. The molecule has 1 rings (SSSR count). The van der Waals surface area contributed by atoms with Gasteiger partial charge in [0, 0.05) is 5.02 Å². The topological polar surface area (TPSA) is 37.3 Å². The fourth-order valence-electron chi connectivity index (χ4n) is 1.38. The van der Waals surface area contributed by atoms with Crippen LogP contribution in [0.2, 0.25) is 5.02 Å². The van der Waals surface area contributed by atoms with Gasteiger partial charge in [-0.3, -0.25) is 4.79 Å². The van der Waals surface area contributed by atoms with Crippen LogP contribution < -0.4 is 0 Å². The van der Waals surface area contributed by atoms with Crippen molar-refractivity contribution in [1.29, 1.82) is 0 Å². The summed E-state index contributed by atoms with van der Waals surface area (Å²) < 4.78 is 0. The molecule has 1 N–H and O–H groups in total. The summed E-state index contributed by atoms with van der Waals surface area (Å²) in [6, 6.07) is 5.56. The lowest BCUT2D eigenvalue weighted by Crippen LogP contribution is -2.26. The van der Waals surface area contributed by atoms with Crippen molar-refractivity contribution in [2.24, 2.45) is 5.41 Å². The maximum absolute atomic E-state index is 11.0. The second-order valence-electron chi connectivity index (χ2n) is 4.44. The summed E-state index contributed by atoms with van der Waals surface area (Å²) >= 11 is 5.88. The molecule has 0 unspecified atom stereocenters. The number of benzene rings is 1. The molecular weight excluding hydrogens is 212 g/mol. The van der Waals surface area contributed by atoms with Crippen LogP contribution in [-0.4, -0.2) is 11.1 Å². The van der Waals surface area contributed by atoms with E-state index >= 15 is 0 Å². The summed E-state index contributed by atoms with van der Waals surface area (Å²) in [7, 11) is 0. The Morgan fingerprint density at radius 2 is 2.07 bits per heavy atom. The van der Waals surface area contributed by atoms with E-state index in [0.717, 1.165) is 11.1 Å². The van der Waals surface area contributed by atoms with Gasteiger partial charge in [-0.05, 0) is 50.5 Å². The van der Waals surface area contributed by atoms with Crippen LogP contribution >= 0.6 is 11.6 Å². The number of aryl methyl sites for hydroxylation is 1. The van der Waals surface area contributed by atoms with Crippen LogP contribution in [-0.2, 0) is 11.2 Å². The summed E-state index contributed by atoms with van der Waals surface area (Å²) in [5, 5.41) is 9.68. The fraction of sp³-hybridized carbons (Fsp3) is 0.417. The Morgan fingerprint density at radius 3 is 2.60 bits per heavy atom. The molecule has 1 aromatic carbocycles. The van der Waals surface area contributed by atoms with E-state index in [9.17, 15) is 4.79 Å². The van der Waals surface area contributed by atoms with Crippen molar-refractivity contribution in [3.63, 3.8) is 0 Å². The van der Waals surface area contributed by atoms with Gasteiger partial charge in [-0.2, -0.15) is 0 Å². The van der Waals surface area contributed by atoms with Gasteiger partial charge in [0.25, 0.3) is 0 Å². The smallest absolute Gasteiger partial charge is 0.309 e. The Hall–Kier alpha value is -1.02. The minimum Gasteiger partial charge on any atom is -0.481 e. The van der Waals surface area contributed by atoms with Crippen LogP contribution in [0.25, 0.3) is 0 Å². The molecule has 0 heterocycles. The number of carboxylic acid groups (broad SMARTS) is 1. The standard InChI is InChI=1S/C12H15ClO2/c1-8-4-5-10(13)6-9(8)7-12(2,3)11(14)15/h4-6H,7H2,1-3H3,(H,14,15). The number of aliphatic carboxylic acids is 1. The van der Waals surface area contributed by atoms with Crippen LogP contribution in [0.4, 0.5) is 0 Å². The van der Waals surface area contributed by atoms with Gasteiger partial charge in [0.15, 0.2) is 0 Å². The molecule has 0 aliphatic rings. The summed E-state index contributed by atoms with van der Waals surface area (Å²) in [4.78, 5) is 11.0. The maximum Gasteiger partial charge on any atom is 0.309 e. The highest BCUT2D eigenvalue weighted by Crippen LogP contribution is 2.25. The molecule has 0 fully saturated rings. The first kappa shape index (κ1) is 12.1. The quantitative estimate of drug-likeness (QED) is 0.859. The highest BCUT2D eigenvalue weighted by molar-refractivity contribution is 6.30. The lowest BCUT2D eigenvalue weighted by Gasteiger charge is -2.20. The van der Waals surface area contributed by atoms with E-state index in [4.69, 9.17) is 16.7 Å². The lowest BCUT2D eigenvalue weighted by molar-refractivity contribution is -0.146. The van der Waals surface area contributed by atoms with Crippen LogP contribution in [0.1, 0.15) is 25.0 Å². The Labute approximate surface area is 94.9 Å². The molecule has 2 nitrogen and oxygen atoms in total. The molecule has 0 aromatic heterocycles. The van der Waals surface area contributed by atoms with Crippen molar-refractivity contribution in [3.05, 3.63) is 34.3 Å².